The number of rotatable bonds is 59. The number of ether oxygens (including phenoxy) is 3. The molecule has 72 heavy (non-hydrogen) atoms. The summed E-state index contributed by atoms with van der Waals surface area (Å²) in [5, 5.41) is 0. The van der Waals surface area contributed by atoms with Gasteiger partial charge in [-0.05, 0) is 37.0 Å². The van der Waals surface area contributed by atoms with E-state index in [1.165, 1.54) is 250 Å². The van der Waals surface area contributed by atoms with E-state index >= 15 is 0 Å². The number of unbranched alkanes of at least 4 members (excludes halogenated alkanes) is 39. The van der Waals surface area contributed by atoms with Crippen LogP contribution >= 0.6 is 0 Å². The zero-order chi connectivity index (χ0) is 52.6. The van der Waals surface area contributed by atoms with Crippen molar-refractivity contribution in [1.82, 2.24) is 0 Å². The summed E-state index contributed by atoms with van der Waals surface area (Å²) in [4.78, 5) is 38.4. The van der Waals surface area contributed by atoms with E-state index in [4.69, 9.17) is 14.2 Å². The van der Waals surface area contributed by atoms with E-state index in [1.807, 2.05) is 0 Å². The smallest absolute Gasteiger partial charge is 0.306 e. The number of esters is 3. The highest BCUT2D eigenvalue weighted by atomic mass is 16.6. The molecule has 0 bridgehead atoms. The molecule has 0 amide bonds. The van der Waals surface area contributed by atoms with Gasteiger partial charge < -0.3 is 14.2 Å². The first-order chi connectivity index (χ1) is 35.2. The monoisotopic (exact) mass is 1020 g/mol. The second-order valence-corrected chi connectivity index (χ2v) is 23.5. The Labute approximate surface area is 450 Å². The summed E-state index contributed by atoms with van der Waals surface area (Å²) in [7, 11) is 0. The Morgan fingerprint density at radius 2 is 0.444 bits per heavy atom. The average Bonchev–Trinajstić information content (AvgIpc) is 3.38. The lowest BCUT2D eigenvalue weighted by molar-refractivity contribution is -0.167. The van der Waals surface area contributed by atoms with Gasteiger partial charge >= 0.3 is 17.9 Å². The van der Waals surface area contributed by atoms with Gasteiger partial charge in [0.05, 0.1) is 0 Å². The summed E-state index contributed by atoms with van der Waals surface area (Å²) < 4.78 is 17.0. The minimum absolute atomic E-state index is 0.0625. The Kier molecular flexibility index (Phi) is 55.9. The molecule has 0 N–H and O–H groups in total. The molecule has 0 aromatic rings. The molecule has 6 heteroatoms. The van der Waals surface area contributed by atoms with Gasteiger partial charge in [0.15, 0.2) is 6.10 Å². The standard InChI is InChI=1S/C66H128O6/c1-7-60(4)52-46-40-34-28-22-16-10-13-19-25-31-37-43-49-55-64(67)70-58-63(72-66(69)57-51-45-39-33-27-21-15-12-18-24-30-36-42-48-54-62(6)9-3)59-71-65(68)56-50-44-38-32-26-20-14-11-17-23-29-35-41-47-53-61(5)8-2/h60-63H,7-59H2,1-6H3. The molecule has 3 unspecified atom stereocenters. The molecular formula is C66H128O6. The van der Waals surface area contributed by atoms with Crippen molar-refractivity contribution in [2.45, 2.75) is 375 Å². The molecule has 0 saturated carbocycles. The number of carbonyl (C=O) groups is 3. The van der Waals surface area contributed by atoms with Crippen LogP contribution in [0.15, 0.2) is 0 Å². The van der Waals surface area contributed by atoms with Crippen molar-refractivity contribution in [3.8, 4) is 0 Å². The molecule has 3 atom stereocenters. The Hall–Kier alpha value is -1.59. The third kappa shape index (κ3) is 54.7. The highest BCUT2D eigenvalue weighted by Gasteiger charge is 2.20. The van der Waals surface area contributed by atoms with Crippen LogP contribution < -0.4 is 0 Å². The van der Waals surface area contributed by atoms with E-state index < -0.39 is 6.10 Å². The molecule has 0 aromatic heterocycles. The minimum Gasteiger partial charge on any atom is -0.462 e. The third-order valence-electron chi connectivity index (χ3n) is 16.2. The SMILES string of the molecule is CCC(C)CCCCCCCCCCCCCCCCC(=O)OCC(COC(=O)CCCCCCCCCCCCCCCCC(C)CC)OC(=O)CCCCCCCCCCCCCCCCC(C)CC. The first-order valence-electron chi connectivity index (χ1n) is 32.7. The molecule has 0 radical (unpaired) electrons. The maximum Gasteiger partial charge on any atom is 0.306 e. The molecule has 0 rings (SSSR count). The quantitative estimate of drug-likeness (QED) is 0.0343. The van der Waals surface area contributed by atoms with E-state index in [-0.39, 0.29) is 31.1 Å². The summed E-state index contributed by atoms with van der Waals surface area (Å²) in [6, 6.07) is 0. The predicted octanol–water partition coefficient (Wildman–Crippen LogP) is 21.8. The maximum atomic E-state index is 12.9. The van der Waals surface area contributed by atoms with Gasteiger partial charge in [-0.2, -0.15) is 0 Å². The van der Waals surface area contributed by atoms with Gasteiger partial charge in [-0.15, -0.1) is 0 Å². The van der Waals surface area contributed by atoms with Crippen LogP contribution in [0.1, 0.15) is 369 Å². The molecule has 0 heterocycles. The van der Waals surface area contributed by atoms with E-state index in [9.17, 15) is 14.4 Å². The van der Waals surface area contributed by atoms with Crippen molar-refractivity contribution in [3.63, 3.8) is 0 Å². The molecule has 0 saturated heterocycles. The molecule has 0 aliphatic rings. The molecule has 0 spiro atoms. The Morgan fingerprint density at radius 3 is 0.653 bits per heavy atom. The molecule has 6 nitrogen and oxygen atoms in total. The lowest BCUT2D eigenvalue weighted by Crippen LogP contribution is -2.30. The predicted molar refractivity (Wildman–Crippen MR) is 312 cm³/mol. The Balaban J connectivity index is 4.31. The summed E-state index contributed by atoms with van der Waals surface area (Å²) in [5.41, 5.74) is 0. The molecule has 0 aromatic carbocycles. The summed E-state index contributed by atoms with van der Waals surface area (Å²) in [5.74, 6) is 1.85. The van der Waals surface area contributed by atoms with Gasteiger partial charge in [0.1, 0.15) is 13.2 Å². The van der Waals surface area contributed by atoms with E-state index in [0.717, 1.165) is 75.5 Å². The topological polar surface area (TPSA) is 78.9 Å². The van der Waals surface area contributed by atoms with E-state index in [0.29, 0.717) is 19.3 Å². The van der Waals surface area contributed by atoms with Crippen molar-refractivity contribution in [1.29, 1.82) is 0 Å². The lowest BCUT2D eigenvalue weighted by Gasteiger charge is -2.18. The highest BCUT2D eigenvalue weighted by molar-refractivity contribution is 5.71. The summed E-state index contributed by atoms with van der Waals surface area (Å²) in [6.45, 7) is 13.9. The summed E-state index contributed by atoms with van der Waals surface area (Å²) >= 11 is 0. The van der Waals surface area contributed by atoms with Crippen LogP contribution in [0.5, 0.6) is 0 Å². The highest BCUT2D eigenvalue weighted by Crippen LogP contribution is 2.20. The fourth-order valence-corrected chi connectivity index (χ4v) is 10.1. The normalized spacial score (nSPS) is 13.2. The molecule has 0 fully saturated rings. The molecule has 428 valence electrons. The van der Waals surface area contributed by atoms with Crippen molar-refractivity contribution in [2.24, 2.45) is 17.8 Å². The molecule has 0 aliphatic heterocycles. The third-order valence-corrected chi connectivity index (χ3v) is 16.2. The van der Waals surface area contributed by atoms with Crippen LogP contribution in [0.3, 0.4) is 0 Å². The van der Waals surface area contributed by atoms with Gasteiger partial charge in [0.25, 0.3) is 0 Å². The van der Waals surface area contributed by atoms with E-state index in [1.54, 1.807) is 0 Å². The van der Waals surface area contributed by atoms with Crippen LogP contribution in [0, 0.1) is 17.8 Å². The Morgan fingerprint density at radius 1 is 0.264 bits per heavy atom. The van der Waals surface area contributed by atoms with Crippen LogP contribution in [0.4, 0.5) is 0 Å². The maximum absolute atomic E-state index is 12.9. The van der Waals surface area contributed by atoms with Gasteiger partial charge in [-0.3, -0.25) is 14.4 Å². The minimum atomic E-state index is -0.765. The van der Waals surface area contributed by atoms with Gasteiger partial charge in [-0.25, -0.2) is 0 Å². The second kappa shape index (κ2) is 57.1. The fraction of sp³-hybridized carbons (Fsp3) is 0.955. The van der Waals surface area contributed by atoms with Crippen molar-refractivity contribution < 1.29 is 28.6 Å². The molecule has 0 aliphatic carbocycles. The van der Waals surface area contributed by atoms with E-state index in [2.05, 4.69) is 41.5 Å². The van der Waals surface area contributed by atoms with Crippen molar-refractivity contribution in [3.05, 3.63) is 0 Å². The summed E-state index contributed by atoms with van der Waals surface area (Å²) in [6.07, 6.45) is 62.2. The van der Waals surface area contributed by atoms with Crippen LogP contribution in [-0.2, 0) is 28.6 Å². The Bertz CT molecular complexity index is 1070. The first-order valence-corrected chi connectivity index (χ1v) is 32.7. The largest absolute Gasteiger partial charge is 0.462 e. The fourth-order valence-electron chi connectivity index (χ4n) is 10.1. The van der Waals surface area contributed by atoms with Gasteiger partial charge in [0.2, 0.25) is 0 Å². The zero-order valence-electron chi connectivity index (χ0n) is 49.7. The lowest BCUT2D eigenvalue weighted by atomic mass is 9.99. The average molecular weight is 1020 g/mol. The first kappa shape index (κ1) is 70.4. The van der Waals surface area contributed by atoms with Crippen LogP contribution in [0.25, 0.3) is 0 Å². The second-order valence-electron chi connectivity index (χ2n) is 23.5. The van der Waals surface area contributed by atoms with Gasteiger partial charge in [0, 0.05) is 19.3 Å². The van der Waals surface area contributed by atoms with Gasteiger partial charge in [-0.1, -0.05) is 330 Å². The van der Waals surface area contributed by atoms with Crippen LogP contribution in [-0.4, -0.2) is 37.2 Å². The molecular weight excluding hydrogens is 889 g/mol. The van der Waals surface area contributed by atoms with Crippen molar-refractivity contribution in [2.75, 3.05) is 13.2 Å². The number of carbonyl (C=O) groups excluding carboxylic acids is 3. The number of hydrogen-bond acceptors (Lipinski definition) is 6. The zero-order valence-corrected chi connectivity index (χ0v) is 49.7. The number of hydrogen-bond donors (Lipinski definition) is 0. The van der Waals surface area contributed by atoms with Crippen LogP contribution in [0.2, 0.25) is 0 Å². The van der Waals surface area contributed by atoms with Crippen molar-refractivity contribution >= 4 is 17.9 Å².